The van der Waals surface area contributed by atoms with Gasteiger partial charge in [0.15, 0.2) is 0 Å². The lowest BCUT2D eigenvalue weighted by Gasteiger charge is -2.13. The number of thioether (sulfide) groups is 1. The van der Waals surface area contributed by atoms with E-state index in [0.717, 1.165) is 20.8 Å². The number of carbonyl (C=O) groups excluding carboxylic acids is 1. The quantitative estimate of drug-likeness (QED) is 0.431. The van der Waals surface area contributed by atoms with E-state index in [9.17, 15) is 4.79 Å². The molecule has 148 valence electrons. The maximum Gasteiger partial charge on any atom is 0.234 e. The van der Waals surface area contributed by atoms with Gasteiger partial charge < -0.3 is 14.8 Å². The number of hydrogen-bond acceptors (Lipinski definition) is 7. The van der Waals surface area contributed by atoms with Crippen molar-refractivity contribution in [3.63, 3.8) is 0 Å². The van der Waals surface area contributed by atoms with E-state index in [2.05, 4.69) is 29.1 Å². The number of benzene rings is 1. The van der Waals surface area contributed by atoms with Crippen LogP contribution < -0.4 is 14.8 Å². The molecule has 9 heteroatoms. The summed E-state index contributed by atoms with van der Waals surface area (Å²) in [6.45, 7) is 5.98. The Labute approximate surface area is 176 Å². The standard InChI is InChI=1S/C19H20ClN3O3S2/c1-9-10(2)28-19-17(9)18(21-11(3)22-19)27-8-16(24)23-13-6-12(20)14(25-4)7-15(13)26-5/h6-7H,8H2,1-5H3,(H,23,24). The number of aromatic nitrogens is 2. The highest BCUT2D eigenvalue weighted by molar-refractivity contribution is 8.00. The van der Waals surface area contributed by atoms with E-state index in [4.69, 9.17) is 21.1 Å². The molecule has 3 aromatic rings. The van der Waals surface area contributed by atoms with Gasteiger partial charge in [-0.25, -0.2) is 9.97 Å². The molecule has 0 unspecified atom stereocenters. The Hall–Kier alpha value is -2.03. The van der Waals surface area contributed by atoms with Crippen molar-refractivity contribution < 1.29 is 14.3 Å². The molecule has 0 atom stereocenters. The number of rotatable bonds is 6. The summed E-state index contributed by atoms with van der Waals surface area (Å²) in [5.74, 6) is 1.67. The van der Waals surface area contributed by atoms with Gasteiger partial charge in [0.2, 0.25) is 5.91 Å². The van der Waals surface area contributed by atoms with Gasteiger partial charge >= 0.3 is 0 Å². The fourth-order valence-corrected chi connectivity index (χ4v) is 5.01. The molecule has 0 radical (unpaired) electrons. The van der Waals surface area contributed by atoms with E-state index < -0.39 is 0 Å². The molecule has 0 aliphatic rings. The van der Waals surface area contributed by atoms with Gasteiger partial charge in [0.05, 0.1) is 30.7 Å². The van der Waals surface area contributed by atoms with Crippen LogP contribution in [0.4, 0.5) is 5.69 Å². The molecule has 1 aromatic carbocycles. The second kappa shape index (κ2) is 8.55. The third-order valence-electron chi connectivity index (χ3n) is 4.20. The number of ether oxygens (including phenoxy) is 2. The molecule has 0 aliphatic carbocycles. The van der Waals surface area contributed by atoms with Gasteiger partial charge in [-0.3, -0.25) is 4.79 Å². The Kier molecular flexibility index (Phi) is 6.32. The van der Waals surface area contributed by atoms with Crippen molar-refractivity contribution in [3.05, 3.63) is 33.4 Å². The van der Waals surface area contributed by atoms with Crippen molar-refractivity contribution in [1.82, 2.24) is 9.97 Å². The highest BCUT2D eigenvalue weighted by atomic mass is 35.5. The van der Waals surface area contributed by atoms with E-state index in [1.165, 1.54) is 30.9 Å². The average Bonchev–Trinajstić information content (AvgIpc) is 2.93. The van der Waals surface area contributed by atoms with Crippen molar-refractivity contribution in [2.24, 2.45) is 0 Å². The van der Waals surface area contributed by atoms with E-state index in [1.807, 2.05) is 6.92 Å². The predicted molar refractivity (Wildman–Crippen MR) is 116 cm³/mol. The summed E-state index contributed by atoms with van der Waals surface area (Å²) >= 11 is 9.20. The van der Waals surface area contributed by atoms with Crippen molar-refractivity contribution >= 4 is 56.5 Å². The molecule has 6 nitrogen and oxygen atoms in total. The zero-order valence-corrected chi connectivity index (χ0v) is 18.6. The largest absolute Gasteiger partial charge is 0.495 e. The number of aryl methyl sites for hydroxylation is 3. The van der Waals surface area contributed by atoms with Crippen LogP contribution >= 0.6 is 34.7 Å². The van der Waals surface area contributed by atoms with Crippen LogP contribution in [0.2, 0.25) is 5.02 Å². The number of anilines is 1. The highest BCUT2D eigenvalue weighted by Crippen LogP contribution is 2.37. The van der Waals surface area contributed by atoms with Crippen molar-refractivity contribution in [1.29, 1.82) is 0 Å². The number of hydrogen-bond donors (Lipinski definition) is 1. The minimum absolute atomic E-state index is 0.182. The molecule has 0 saturated heterocycles. The number of nitrogens with one attached hydrogen (secondary N) is 1. The fourth-order valence-electron chi connectivity index (χ4n) is 2.70. The first-order chi connectivity index (χ1) is 13.3. The minimum atomic E-state index is -0.182. The van der Waals surface area contributed by atoms with Gasteiger partial charge in [-0.2, -0.15) is 0 Å². The fraction of sp³-hybridized carbons (Fsp3) is 0.316. The number of carbonyl (C=O) groups is 1. The topological polar surface area (TPSA) is 73.3 Å². The smallest absolute Gasteiger partial charge is 0.234 e. The van der Waals surface area contributed by atoms with Gasteiger partial charge in [0.25, 0.3) is 0 Å². The lowest BCUT2D eigenvalue weighted by atomic mass is 10.2. The minimum Gasteiger partial charge on any atom is -0.495 e. The molecule has 3 rings (SSSR count). The predicted octanol–water partition coefficient (Wildman–Crippen LogP) is 5.02. The van der Waals surface area contributed by atoms with Crippen molar-refractivity contribution in [3.8, 4) is 11.5 Å². The maximum absolute atomic E-state index is 12.5. The van der Waals surface area contributed by atoms with Crippen LogP contribution in [-0.4, -0.2) is 35.8 Å². The lowest BCUT2D eigenvalue weighted by molar-refractivity contribution is -0.113. The zero-order chi connectivity index (χ0) is 20.4. The number of nitrogens with zero attached hydrogens (tertiary/aromatic N) is 2. The molecule has 2 heterocycles. The summed E-state index contributed by atoms with van der Waals surface area (Å²) in [6, 6.07) is 3.25. The number of thiophene rings is 1. The Morgan fingerprint density at radius 1 is 1.18 bits per heavy atom. The molecule has 0 spiro atoms. The molecule has 2 aromatic heterocycles. The highest BCUT2D eigenvalue weighted by Gasteiger charge is 2.17. The van der Waals surface area contributed by atoms with Gasteiger partial charge in [-0.05, 0) is 32.4 Å². The Balaban J connectivity index is 1.79. The van der Waals surface area contributed by atoms with Crippen LogP contribution in [0.3, 0.4) is 0 Å². The van der Waals surface area contributed by atoms with Crippen LogP contribution in [0.25, 0.3) is 10.2 Å². The van der Waals surface area contributed by atoms with Crippen molar-refractivity contribution in [2.45, 2.75) is 25.8 Å². The number of methoxy groups -OCH3 is 2. The monoisotopic (exact) mass is 437 g/mol. The van der Waals surface area contributed by atoms with Gasteiger partial charge in [-0.15, -0.1) is 11.3 Å². The van der Waals surface area contributed by atoms with Crippen LogP contribution in [0, 0.1) is 20.8 Å². The lowest BCUT2D eigenvalue weighted by Crippen LogP contribution is -2.15. The molecular weight excluding hydrogens is 418 g/mol. The molecule has 28 heavy (non-hydrogen) atoms. The number of amides is 1. The average molecular weight is 438 g/mol. The zero-order valence-electron chi connectivity index (χ0n) is 16.2. The van der Waals surface area contributed by atoms with Crippen LogP contribution in [0.15, 0.2) is 17.2 Å². The Bertz CT molecular complexity index is 1050. The summed E-state index contributed by atoms with van der Waals surface area (Å²) in [7, 11) is 3.04. The third-order valence-corrected chi connectivity index (χ3v) is 6.57. The first-order valence-electron chi connectivity index (χ1n) is 8.42. The molecule has 0 bridgehead atoms. The SMILES string of the molecule is COc1cc(OC)c(NC(=O)CSc2nc(C)nc3sc(C)c(C)c23)cc1Cl. The molecule has 0 saturated carbocycles. The first-order valence-corrected chi connectivity index (χ1v) is 10.6. The summed E-state index contributed by atoms with van der Waals surface area (Å²) in [6.07, 6.45) is 0. The van der Waals surface area contributed by atoms with Crippen molar-refractivity contribution in [2.75, 3.05) is 25.3 Å². The van der Waals surface area contributed by atoms with E-state index >= 15 is 0 Å². The Morgan fingerprint density at radius 3 is 2.57 bits per heavy atom. The normalized spacial score (nSPS) is 10.9. The van der Waals surface area contributed by atoms with Gasteiger partial charge in [-0.1, -0.05) is 23.4 Å². The molecule has 0 fully saturated rings. The second-order valence-corrected chi connectivity index (χ2v) is 8.64. The summed E-state index contributed by atoms with van der Waals surface area (Å²) in [5.41, 5.74) is 1.65. The molecule has 0 aliphatic heterocycles. The first kappa shape index (κ1) is 20.7. The Morgan fingerprint density at radius 2 is 1.89 bits per heavy atom. The molecule has 1 amide bonds. The van der Waals surface area contributed by atoms with Gasteiger partial charge in [0.1, 0.15) is 27.2 Å². The number of fused-ring (bicyclic) bond motifs is 1. The second-order valence-electron chi connectivity index (χ2n) is 6.06. The summed E-state index contributed by atoms with van der Waals surface area (Å²) < 4.78 is 10.5. The molecule has 1 N–H and O–H groups in total. The third kappa shape index (κ3) is 4.19. The maximum atomic E-state index is 12.5. The van der Waals surface area contributed by atoms with Crippen LogP contribution in [0.1, 0.15) is 16.3 Å². The van der Waals surface area contributed by atoms with Crippen LogP contribution in [-0.2, 0) is 4.79 Å². The summed E-state index contributed by atoms with van der Waals surface area (Å²) in [4.78, 5) is 23.7. The van der Waals surface area contributed by atoms with Crippen LogP contribution in [0.5, 0.6) is 11.5 Å². The van der Waals surface area contributed by atoms with Gasteiger partial charge in [0, 0.05) is 16.3 Å². The molecular formula is C19H20ClN3O3S2. The van der Waals surface area contributed by atoms with E-state index in [-0.39, 0.29) is 11.7 Å². The summed E-state index contributed by atoms with van der Waals surface area (Å²) in [5, 5.41) is 5.08. The van der Waals surface area contributed by atoms with E-state index in [1.54, 1.807) is 23.5 Å². The number of halogens is 1. The van der Waals surface area contributed by atoms with E-state index in [0.29, 0.717) is 28.0 Å².